The highest BCUT2D eigenvalue weighted by Gasteiger charge is 2.46. The van der Waals surface area contributed by atoms with Crippen molar-refractivity contribution < 1.29 is 19.4 Å². The van der Waals surface area contributed by atoms with Crippen LogP contribution in [-0.4, -0.2) is 24.3 Å². The van der Waals surface area contributed by atoms with Gasteiger partial charge in [0.05, 0.1) is 17.7 Å². The maximum atomic E-state index is 10.9. The minimum absolute atomic E-state index is 0.146. The molecule has 1 aromatic carbocycles. The molecule has 1 heterocycles. The topological polar surface area (TPSA) is 81.8 Å². The smallest absolute Gasteiger partial charge is 0.325 e. The number of benzene rings is 1. The van der Waals surface area contributed by atoms with E-state index < -0.39 is 12.0 Å². The fourth-order valence-electron chi connectivity index (χ4n) is 2.12. The summed E-state index contributed by atoms with van der Waals surface area (Å²) in [6.07, 6.45) is 2.22. The molecule has 0 radical (unpaired) electrons. The number of halogens is 1. The van der Waals surface area contributed by atoms with Crippen LogP contribution in [0.25, 0.3) is 0 Å². The molecule has 0 bridgehead atoms. The fraction of sp³-hybridized carbons (Fsp3) is 0.462. The van der Waals surface area contributed by atoms with Gasteiger partial charge in [0.2, 0.25) is 0 Å². The summed E-state index contributed by atoms with van der Waals surface area (Å²) in [4.78, 5) is 10.9. The van der Waals surface area contributed by atoms with Crippen LogP contribution >= 0.6 is 15.9 Å². The maximum Gasteiger partial charge on any atom is 0.325 e. The zero-order valence-corrected chi connectivity index (χ0v) is 11.8. The highest BCUT2D eigenvalue weighted by molar-refractivity contribution is 9.10. The first-order valence-corrected chi connectivity index (χ1v) is 6.87. The Bertz CT molecular complexity index is 542. The van der Waals surface area contributed by atoms with Gasteiger partial charge in [-0.2, -0.15) is 0 Å². The summed E-state index contributed by atoms with van der Waals surface area (Å²) >= 11 is 3.39. The summed E-state index contributed by atoms with van der Waals surface area (Å²) < 4.78 is 12.2. The van der Waals surface area contributed by atoms with Crippen molar-refractivity contribution in [3.05, 3.63) is 22.2 Å². The van der Waals surface area contributed by atoms with Crippen LogP contribution < -0.4 is 15.2 Å². The number of fused-ring (bicyclic) bond motifs is 1. The molecule has 3 rings (SSSR count). The minimum Gasteiger partial charge on any atom is -0.489 e. The number of aliphatic carboxylic acids is 1. The Morgan fingerprint density at radius 3 is 2.68 bits per heavy atom. The molecular formula is C13H14BrNO4. The molecule has 1 unspecified atom stereocenters. The Morgan fingerprint density at radius 2 is 2.05 bits per heavy atom. The standard InChI is InChI=1S/C13H14BrNO4/c14-8-3-7(10(15)12(16)17)4-9-11(8)19-6-13(1-2-13)5-18-9/h3-4,10H,1-2,5-6,15H2,(H,16,17). The lowest BCUT2D eigenvalue weighted by molar-refractivity contribution is -0.138. The summed E-state index contributed by atoms with van der Waals surface area (Å²) in [5, 5.41) is 8.97. The van der Waals surface area contributed by atoms with Gasteiger partial charge in [0.1, 0.15) is 6.04 Å². The van der Waals surface area contributed by atoms with Crippen LogP contribution in [0.3, 0.4) is 0 Å². The monoisotopic (exact) mass is 327 g/mol. The van der Waals surface area contributed by atoms with Crippen molar-refractivity contribution in [2.24, 2.45) is 11.1 Å². The molecule has 19 heavy (non-hydrogen) atoms. The summed E-state index contributed by atoms with van der Waals surface area (Å²) in [5.74, 6) is 0.120. The van der Waals surface area contributed by atoms with E-state index in [4.69, 9.17) is 20.3 Å². The highest BCUT2D eigenvalue weighted by atomic mass is 79.9. The fourth-order valence-corrected chi connectivity index (χ4v) is 2.69. The summed E-state index contributed by atoms with van der Waals surface area (Å²) in [7, 11) is 0. The molecule has 0 aromatic heterocycles. The van der Waals surface area contributed by atoms with Crippen molar-refractivity contribution in [1.82, 2.24) is 0 Å². The van der Waals surface area contributed by atoms with Gasteiger partial charge in [-0.15, -0.1) is 0 Å². The van der Waals surface area contributed by atoms with Gasteiger partial charge in [-0.1, -0.05) is 0 Å². The van der Waals surface area contributed by atoms with E-state index in [1.54, 1.807) is 12.1 Å². The van der Waals surface area contributed by atoms with Gasteiger partial charge >= 0.3 is 5.97 Å². The predicted octanol–water partition coefficient (Wildman–Crippen LogP) is 2.08. The van der Waals surface area contributed by atoms with Crippen LogP contribution in [0.4, 0.5) is 0 Å². The molecule has 1 fully saturated rings. The Hall–Kier alpha value is -1.27. The number of ether oxygens (including phenoxy) is 2. The van der Waals surface area contributed by atoms with Gasteiger partial charge in [0.25, 0.3) is 0 Å². The lowest BCUT2D eigenvalue weighted by Gasteiger charge is -2.13. The SMILES string of the molecule is NC(C(=O)O)c1cc(Br)c2c(c1)OCC1(CC1)CO2. The Morgan fingerprint density at radius 1 is 1.37 bits per heavy atom. The van der Waals surface area contributed by atoms with E-state index in [1.165, 1.54) is 0 Å². The van der Waals surface area contributed by atoms with Crippen molar-refractivity contribution in [2.75, 3.05) is 13.2 Å². The van der Waals surface area contributed by atoms with Gasteiger partial charge in [-0.05, 0) is 46.5 Å². The van der Waals surface area contributed by atoms with Crippen LogP contribution in [-0.2, 0) is 4.79 Å². The van der Waals surface area contributed by atoms with Gasteiger partial charge in [-0.25, -0.2) is 0 Å². The van der Waals surface area contributed by atoms with E-state index >= 15 is 0 Å². The van der Waals surface area contributed by atoms with E-state index in [9.17, 15) is 4.79 Å². The molecule has 0 saturated heterocycles. The second-order valence-electron chi connectivity index (χ2n) is 5.22. The first-order valence-electron chi connectivity index (χ1n) is 6.08. The quantitative estimate of drug-likeness (QED) is 0.869. The van der Waals surface area contributed by atoms with E-state index in [2.05, 4.69) is 15.9 Å². The number of nitrogens with two attached hydrogens (primary N) is 1. The van der Waals surface area contributed by atoms with Gasteiger partial charge in [-0.3, -0.25) is 4.79 Å². The van der Waals surface area contributed by atoms with Crippen molar-refractivity contribution in [2.45, 2.75) is 18.9 Å². The summed E-state index contributed by atoms with van der Waals surface area (Å²) in [5.41, 5.74) is 6.27. The first kappa shape index (κ1) is 12.7. The van der Waals surface area contributed by atoms with Crippen molar-refractivity contribution in [3.63, 3.8) is 0 Å². The zero-order valence-electron chi connectivity index (χ0n) is 10.2. The van der Waals surface area contributed by atoms with Crippen LogP contribution in [0.5, 0.6) is 11.5 Å². The Labute approximate surface area is 118 Å². The molecular weight excluding hydrogens is 314 g/mol. The van der Waals surface area contributed by atoms with E-state index in [0.29, 0.717) is 34.7 Å². The van der Waals surface area contributed by atoms with Crippen molar-refractivity contribution in [3.8, 4) is 11.5 Å². The molecule has 1 saturated carbocycles. The normalized spacial score (nSPS) is 20.7. The van der Waals surface area contributed by atoms with Crippen LogP contribution in [0, 0.1) is 5.41 Å². The average Bonchev–Trinajstić information content (AvgIpc) is 3.16. The lowest BCUT2D eigenvalue weighted by Crippen LogP contribution is -2.20. The molecule has 1 aliphatic heterocycles. The first-order chi connectivity index (χ1) is 9.01. The van der Waals surface area contributed by atoms with Crippen LogP contribution in [0.1, 0.15) is 24.4 Å². The van der Waals surface area contributed by atoms with E-state index in [1.807, 2.05) is 0 Å². The van der Waals surface area contributed by atoms with Crippen LogP contribution in [0.15, 0.2) is 16.6 Å². The molecule has 0 amide bonds. The molecule has 102 valence electrons. The third kappa shape index (κ3) is 2.30. The third-order valence-corrected chi connectivity index (χ3v) is 4.26. The summed E-state index contributed by atoms with van der Waals surface area (Å²) in [6.45, 7) is 1.25. The Balaban J connectivity index is 1.95. The number of carboxylic acid groups (broad SMARTS) is 1. The molecule has 5 nitrogen and oxygen atoms in total. The molecule has 1 aliphatic carbocycles. The molecule has 1 spiro atoms. The average molecular weight is 328 g/mol. The summed E-state index contributed by atoms with van der Waals surface area (Å²) in [6, 6.07) is 2.26. The number of carboxylic acids is 1. The largest absolute Gasteiger partial charge is 0.489 e. The number of hydrogen-bond acceptors (Lipinski definition) is 4. The van der Waals surface area contributed by atoms with Crippen molar-refractivity contribution >= 4 is 21.9 Å². The van der Waals surface area contributed by atoms with Gasteiger partial charge in [0, 0.05) is 5.41 Å². The van der Waals surface area contributed by atoms with Gasteiger partial charge < -0.3 is 20.3 Å². The molecule has 2 aliphatic rings. The molecule has 1 atom stereocenters. The number of hydrogen-bond donors (Lipinski definition) is 2. The van der Waals surface area contributed by atoms with E-state index in [0.717, 1.165) is 12.8 Å². The second-order valence-corrected chi connectivity index (χ2v) is 6.08. The second kappa shape index (κ2) is 4.38. The van der Waals surface area contributed by atoms with E-state index in [-0.39, 0.29) is 5.41 Å². The predicted molar refractivity (Wildman–Crippen MR) is 71.4 cm³/mol. The zero-order chi connectivity index (χ0) is 13.6. The third-order valence-electron chi connectivity index (χ3n) is 3.67. The van der Waals surface area contributed by atoms with Crippen LogP contribution in [0.2, 0.25) is 0 Å². The van der Waals surface area contributed by atoms with Gasteiger partial charge in [0.15, 0.2) is 11.5 Å². The highest BCUT2D eigenvalue weighted by Crippen LogP contribution is 2.50. The molecule has 1 aromatic rings. The number of carbonyl (C=O) groups is 1. The number of rotatable bonds is 2. The maximum absolute atomic E-state index is 10.9. The van der Waals surface area contributed by atoms with Crippen molar-refractivity contribution in [1.29, 1.82) is 0 Å². The molecule has 6 heteroatoms. The Kier molecular flexibility index (Phi) is 2.94. The minimum atomic E-state index is -1.07. The molecule has 3 N–H and O–H groups in total. The lowest BCUT2D eigenvalue weighted by atomic mass is 10.1.